The van der Waals surface area contributed by atoms with E-state index >= 15 is 0 Å². The number of rotatable bonds is 4. The minimum Gasteiger partial charge on any atom is -0.378 e. The molecule has 2 unspecified atom stereocenters. The number of hydrogen-bond donors (Lipinski definition) is 0. The Morgan fingerprint density at radius 1 is 0.731 bits per heavy atom. The van der Waals surface area contributed by atoms with Crippen molar-refractivity contribution in [2.75, 3.05) is 13.2 Å². The van der Waals surface area contributed by atoms with Crippen molar-refractivity contribution in [3.05, 3.63) is 0 Å². The molecule has 2 nitrogen and oxygen atoms in total. The Balaban J connectivity index is 0.000000190. The lowest BCUT2D eigenvalue weighted by Gasteiger charge is -2.56. The molecule has 26 heavy (non-hydrogen) atoms. The lowest BCUT2D eigenvalue weighted by Crippen LogP contribution is -2.55. The van der Waals surface area contributed by atoms with E-state index in [1.165, 1.54) is 38.5 Å². The quantitative estimate of drug-likeness (QED) is 0.549. The molecule has 3 heterocycles. The Bertz CT molecular complexity index is 351. The van der Waals surface area contributed by atoms with Gasteiger partial charge in [-0.05, 0) is 73.5 Å². The number of fused-ring (bicyclic) bond motifs is 3. The van der Waals surface area contributed by atoms with Gasteiger partial charge < -0.3 is 9.47 Å². The predicted molar refractivity (Wildman–Crippen MR) is 111 cm³/mol. The van der Waals surface area contributed by atoms with Gasteiger partial charge in [0.05, 0.1) is 24.9 Å². The van der Waals surface area contributed by atoms with Crippen molar-refractivity contribution in [1.29, 1.82) is 0 Å². The second-order valence-corrected chi connectivity index (χ2v) is 10.7. The van der Waals surface area contributed by atoms with Crippen molar-refractivity contribution in [2.45, 2.75) is 106 Å². The van der Waals surface area contributed by atoms with Crippen LogP contribution in [0.3, 0.4) is 0 Å². The molecular weight excluding hydrogens is 320 g/mol. The summed E-state index contributed by atoms with van der Waals surface area (Å²) >= 11 is 0. The molecule has 3 saturated heterocycles. The average molecular weight is 367 g/mol. The van der Waals surface area contributed by atoms with E-state index < -0.39 is 0 Å². The van der Waals surface area contributed by atoms with Crippen LogP contribution in [-0.4, -0.2) is 24.9 Å². The molecule has 4 aliphatic rings. The first-order chi connectivity index (χ1) is 12.1. The van der Waals surface area contributed by atoms with Crippen LogP contribution in [0, 0.1) is 35.0 Å². The van der Waals surface area contributed by atoms with Crippen LogP contribution in [0.5, 0.6) is 0 Å². The topological polar surface area (TPSA) is 18.5 Å². The Hall–Kier alpha value is -0.0800. The first-order valence-electron chi connectivity index (χ1n) is 11.4. The van der Waals surface area contributed by atoms with Crippen LogP contribution in [0.1, 0.15) is 93.9 Å². The third-order valence-corrected chi connectivity index (χ3v) is 8.05. The van der Waals surface area contributed by atoms with Crippen molar-refractivity contribution >= 4 is 0 Å². The summed E-state index contributed by atoms with van der Waals surface area (Å²) < 4.78 is 12.0. The van der Waals surface area contributed by atoms with Gasteiger partial charge in [0, 0.05) is 0 Å². The van der Waals surface area contributed by atoms with Crippen LogP contribution in [0.15, 0.2) is 0 Å². The van der Waals surface area contributed by atoms with Crippen molar-refractivity contribution < 1.29 is 9.47 Å². The van der Waals surface area contributed by atoms with Crippen LogP contribution in [0.25, 0.3) is 0 Å². The maximum absolute atomic E-state index is 6.19. The Morgan fingerprint density at radius 2 is 1.35 bits per heavy atom. The summed E-state index contributed by atoms with van der Waals surface area (Å²) in [4.78, 5) is 0. The number of hydrogen-bond acceptors (Lipinski definition) is 2. The summed E-state index contributed by atoms with van der Waals surface area (Å²) in [6.07, 6.45) is 8.53. The second kappa shape index (κ2) is 8.95. The molecule has 3 aliphatic heterocycles. The van der Waals surface area contributed by atoms with E-state index in [1.54, 1.807) is 0 Å². The molecular formula is C24H46O2. The minimum atomic E-state index is 0.247. The molecule has 4 fully saturated rings. The first kappa shape index (κ1) is 22.2. The average Bonchev–Trinajstić information content (AvgIpc) is 2.63. The summed E-state index contributed by atoms with van der Waals surface area (Å²) in [5.74, 6) is 3.76. The summed E-state index contributed by atoms with van der Waals surface area (Å²) in [5, 5.41) is 0. The van der Waals surface area contributed by atoms with Gasteiger partial charge in [-0.3, -0.25) is 0 Å². The van der Waals surface area contributed by atoms with E-state index in [9.17, 15) is 0 Å². The van der Waals surface area contributed by atoms with Gasteiger partial charge >= 0.3 is 0 Å². The lowest BCUT2D eigenvalue weighted by molar-refractivity contribution is -0.214. The van der Waals surface area contributed by atoms with Crippen LogP contribution in [0.4, 0.5) is 0 Å². The van der Waals surface area contributed by atoms with E-state index in [1.807, 2.05) is 0 Å². The van der Waals surface area contributed by atoms with Gasteiger partial charge in [0.15, 0.2) is 0 Å². The molecule has 0 spiro atoms. The van der Waals surface area contributed by atoms with Crippen molar-refractivity contribution in [3.8, 4) is 0 Å². The smallest absolute Gasteiger partial charge is 0.0706 e. The van der Waals surface area contributed by atoms with E-state index in [2.05, 4.69) is 55.4 Å². The van der Waals surface area contributed by atoms with Gasteiger partial charge in [0.25, 0.3) is 0 Å². The normalized spacial score (nSPS) is 37.4. The Labute approximate surface area is 163 Å². The largest absolute Gasteiger partial charge is 0.378 e. The van der Waals surface area contributed by atoms with Gasteiger partial charge in [0.1, 0.15) is 0 Å². The fourth-order valence-electron chi connectivity index (χ4n) is 5.08. The summed E-state index contributed by atoms with van der Waals surface area (Å²) in [7, 11) is 0. The molecule has 0 N–H and O–H groups in total. The molecule has 0 aromatic carbocycles. The molecule has 2 bridgehead atoms. The molecule has 2 atom stereocenters. The third-order valence-electron chi connectivity index (χ3n) is 8.05. The summed E-state index contributed by atoms with van der Waals surface area (Å²) in [5.41, 5.74) is 0.771. The molecule has 1 aliphatic carbocycles. The van der Waals surface area contributed by atoms with Crippen molar-refractivity contribution in [3.63, 3.8) is 0 Å². The van der Waals surface area contributed by atoms with Gasteiger partial charge in [-0.15, -0.1) is 0 Å². The highest BCUT2D eigenvalue weighted by Crippen LogP contribution is 2.54. The fraction of sp³-hybridized carbons (Fsp3) is 1.00. The van der Waals surface area contributed by atoms with Crippen LogP contribution >= 0.6 is 0 Å². The molecule has 0 radical (unpaired) electrons. The van der Waals surface area contributed by atoms with Crippen molar-refractivity contribution in [1.82, 2.24) is 0 Å². The maximum Gasteiger partial charge on any atom is 0.0706 e. The lowest BCUT2D eigenvalue weighted by atomic mass is 9.59. The highest BCUT2D eigenvalue weighted by atomic mass is 16.5. The van der Waals surface area contributed by atoms with Gasteiger partial charge in [-0.1, -0.05) is 55.4 Å². The SMILES string of the molecule is CC(C)C12CCC(C(C)C)(CC1)OC2.CC(C)C1CCC(C(C)C)OC1. The standard InChI is InChI=1S/C13H24O.C11H22O/c1-10(2)12-5-7-13(8-6-12,11(3)4)14-9-12;1-8(2)10-5-6-11(9(3)4)12-7-10/h10-11H,5-9H2,1-4H3;8-11H,5-7H2,1-4H3. The second-order valence-electron chi connectivity index (χ2n) is 10.7. The van der Waals surface area contributed by atoms with Crippen LogP contribution in [0.2, 0.25) is 0 Å². The third kappa shape index (κ3) is 4.85. The van der Waals surface area contributed by atoms with Crippen LogP contribution < -0.4 is 0 Å². The fourth-order valence-corrected chi connectivity index (χ4v) is 5.08. The van der Waals surface area contributed by atoms with Gasteiger partial charge in [0.2, 0.25) is 0 Å². The molecule has 2 heteroatoms. The highest BCUT2D eigenvalue weighted by Gasteiger charge is 2.52. The first-order valence-corrected chi connectivity index (χ1v) is 11.4. The zero-order valence-electron chi connectivity index (χ0n) is 18.9. The summed E-state index contributed by atoms with van der Waals surface area (Å²) in [6, 6.07) is 0. The van der Waals surface area contributed by atoms with Crippen molar-refractivity contribution in [2.24, 2.45) is 35.0 Å². The Kier molecular flexibility index (Phi) is 7.64. The zero-order chi connectivity index (χ0) is 19.5. The molecule has 0 amide bonds. The van der Waals surface area contributed by atoms with Gasteiger partial charge in [-0.2, -0.15) is 0 Å². The van der Waals surface area contributed by atoms with E-state index in [-0.39, 0.29) is 5.60 Å². The highest BCUT2D eigenvalue weighted by molar-refractivity contribution is 5.01. The number of ether oxygens (including phenoxy) is 2. The molecule has 0 aromatic rings. The predicted octanol–water partition coefficient (Wildman–Crippen LogP) is 6.72. The molecule has 4 rings (SSSR count). The summed E-state index contributed by atoms with van der Waals surface area (Å²) in [6.45, 7) is 20.4. The Morgan fingerprint density at radius 3 is 1.65 bits per heavy atom. The van der Waals surface area contributed by atoms with Gasteiger partial charge in [-0.25, -0.2) is 0 Å². The van der Waals surface area contributed by atoms with E-state index in [0.717, 1.165) is 31.0 Å². The minimum absolute atomic E-state index is 0.247. The maximum atomic E-state index is 6.19. The molecule has 154 valence electrons. The van der Waals surface area contributed by atoms with E-state index in [4.69, 9.17) is 9.47 Å². The zero-order valence-corrected chi connectivity index (χ0v) is 18.9. The van der Waals surface area contributed by atoms with Crippen LogP contribution in [-0.2, 0) is 9.47 Å². The van der Waals surface area contributed by atoms with E-state index in [0.29, 0.717) is 23.4 Å². The monoisotopic (exact) mass is 366 g/mol. The molecule has 0 aromatic heterocycles. The molecule has 1 saturated carbocycles.